The molecule has 2 rings (SSSR count). The lowest BCUT2D eigenvalue weighted by Crippen LogP contribution is -2.52. The Labute approximate surface area is 182 Å². The zero-order valence-electron chi connectivity index (χ0n) is 17.8. The molecular formula is C23H29N3O3S. The first kappa shape index (κ1) is 23.5. The largest absolute Gasteiger partial charge is 0.340 e. The van der Waals surface area contributed by atoms with E-state index in [1.54, 1.807) is 31.3 Å². The molecule has 160 valence electrons. The summed E-state index contributed by atoms with van der Waals surface area (Å²) < 4.78 is 0. The normalized spacial score (nSPS) is 12.5. The van der Waals surface area contributed by atoms with Crippen LogP contribution < -0.4 is 10.6 Å². The van der Waals surface area contributed by atoms with Crippen LogP contribution in [0.2, 0.25) is 0 Å². The molecule has 2 unspecified atom stereocenters. The van der Waals surface area contributed by atoms with E-state index in [-0.39, 0.29) is 30.2 Å². The number of hydrogen-bond donors (Lipinski definition) is 2. The second-order valence-electron chi connectivity index (χ2n) is 7.15. The summed E-state index contributed by atoms with van der Waals surface area (Å²) in [5, 5.41) is 5.70. The summed E-state index contributed by atoms with van der Waals surface area (Å²) in [5.41, 5.74) is 1.21. The van der Waals surface area contributed by atoms with Gasteiger partial charge in [0.2, 0.25) is 11.8 Å². The highest BCUT2D eigenvalue weighted by Crippen LogP contribution is 2.24. The molecule has 30 heavy (non-hydrogen) atoms. The Hall–Kier alpha value is -2.80. The Morgan fingerprint density at radius 2 is 1.67 bits per heavy atom. The highest BCUT2D eigenvalue weighted by molar-refractivity contribution is 7.98. The quantitative estimate of drug-likeness (QED) is 0.599. The van der Waals surface area contributed by atoms with Gasteiger partial charge >= 0.3 is 0 Å². The third-order valence-corrected chi connectivity index (χ3v) is 5.74. The fraction of sp³-hybridized carbons (Fsp3) is 0.348. The Morgan fingerprint density at radius 1 is 1.03 bits per heavy atom. The molecule has 0 heterocycles. The molecule has 2 atom stereocenters. The first-order chi connectivity index (χ1) is 14.4. The van der Waals surface area contributed by atoms with Gasteiger partial charge in [-0.1, -0.05) is 50.6 Å². The number of amides is 3. The molecule has 0 saturated carbocycles. The minimum atomic E-state index is -0.709. The van der Waals surface area contributed by atoms with Crippen LogP contribution in [0.4, 0.5) is 5.69 Å². The third kappa shape index (κ3) is 6.35. The summed E-state index contributed by atoms with van der Waals surface area (Å²) >= 11 is 1.54. The minimum absolute atomic E-state index is 0.0760. The van der Waals surface area contributed by atoms with E-state index in [1.807, 2.05) is 50.4 Å². The first-order valence-corrected chi connectivity index (χ1v) is 11.1. The van der Waals surface area contributed by atoms with E-state index in [0.29, 0.717) is 17.7 Å². The number of likely N-dealkylation sites (N-methyl/N-ethyl adjacent to an activating group) is 1. The maximum Gasteiger partial charge on any atom is 0.251 e. The highest BCUT2D eigenvalue weighted by Gasteiger charge is 2.29. The number of hydrogen-bond acceptors (Lipinski definition) is 4. The highest BCUT2D eigenvalue weighted by atomic mass is 32.2. The molecular weight excluding hydrogens is 398 g/mol. The van der Waals surface area contributed by atoms with E-state index in [0.717, 1.165) is 4.90 Å². The average Bonchev–Trinajstić information content (AvgIpc) is 2.77. The molecule has 2 N–H and O–H groups in total. The molecule has 3 amide bonds. The van der Waals surface area contributed by atoms with Crippen LogP contribution in [-0.2, 0) is 9.59 Å². The average molecular weight is 428 g/mol. The van der Waals surface area contributed by atoms with Crippen LogP contribution in [0.5, 0.6) is 0 Å². The SMILES string of the molecule is CCC(C)C(NC(=O)c1ccccc1)C(=O)N(C)CC(=O)Nc1ccccc1SC. The number of anilines is 1. The smallest absolute Gasteiger partial charge is 0.251 e. The van der Waals surface area contributed by atoms with Crippen LogP contribution in [0, 0.1) is 5.92 Å². The number of benzene rings is 2. The van der Waals surface area contributed by atoms with E-state index in [4.69, 9.17) is 0 Å². The molecule has 0 fully saturated rings. The molecule has 6 nitrogen and oxygen atoms in total. The van der Waals surface area contributed by atoms with Crippen molar-refractivity contribution in [2.75, 3.05) is 25.2 Å². The number of carbonyl (C=O) groups excluding carboxylic acids is 3. The number of carbonyl (C=O) groups is 3. The Kier molecular flexibility index (Phi) is 8.92. The monoisotopic (exact) mass is 427 g/mol. The van der Waals surface area contributed by atoms with E-state index in [1.165, 1.54) is 16.7 Å². The number of rotatable bonds is 9. The molecule has 0 saturated heterocycles. The van der Waals surface area contributed by atoms with Gasteiger partial charge in [0.15, 0.2) is 0 Å². The van der Waals surface area contributed by atoms with Gasteiger partial charge in [-0.2, -0.15) is 0 Å². The summed E-state index contributed by atoms with van der Waals surface area (Å²) in [7, 11) is 1.58. The maximum atomic E-state index is 13.0. The zero-order chi connectivity index (χ0) is 22.1. The van der Waals surface area contributed by atoms with Crippen LogP contribution >= 0.6 is 11.8 Å². The van der Waals surface area contributed by atoms with Crippen molar-refractivity contribution in [1.29, 1.82) is 0 Å². The molecule has 2 aromatic rings. The van der Waals surface area contributed by atoms with Crippen molar-refractivity contribution < 1.29 is 14.4 Å². The number of nitrogens with one attached hydrogen (secondary N) is 2. The van der Waals surface area contributed by atoms with E-state index < -0.39 is 6.04 Å². The molecule has 7 heteroatoms. The van der Waals surface area contributed by atoms with Gasteiger partial charge in [-0.05, 0) is 36.4 Å². The topological polar surface area (TPSA) is 78.5 Å². The molecule has 0 aliphatic rings. The molecule has 0 radical (unpaired) electrons. The van der Waals surface area contributed by atoms with Crippen LogP contribution in [0.15, 0.2) is 59.5 Å². The van der Waals surface area contributed by atoms with Crippen molar-refractivity contribution in [3.05, 3.63) is 60.2 Å². The number of thioether (sulfide) groups is 1. The summed E-state index contributed by atoms with van der Waals surface area (Å²) in [4.78, 5) is 40.4. The van der Waals surface area contributed by atoms with Crippen molar-refractivity contribution in [3.8, 4) is 0 Å². The molecule has 0 bridgehead atoms. The lowest BCUT2D eigenvalue weighted by atomic mass is 9.97. The lowest BCUT2D eigenvalue weighted by Gasteiger charge is -2.28. The van der Waals surface area contributed by atoms with Gasteiger partial charge in [0, 0.05) is 17.5 Å². The van der Waals surface area contributed by atoms with Gasteiger partial charge < -0.3 is 15.5 Å². The number of nitrogens with zero attached hydrogens (tertiary/aromatic N) is 1. The van der Waals surface area contributed by atoms with E-state index in [9.17, 15) is 14.4 Å². The molecule has 0 spiro atoms. The predicted molar refractivity (Wildman–Crippen MR) is 122 cm³/mol. The second-order valence-corrected chi connectivity index (χ2v) is 7.99. The second kappa shape index (κ2) is 11.4. The van der Waals surface area contributed by atoms with Gasteiger partial charge in [0.25, 0.3) is 5.91 Å². The summed E-state index contributed by atoms with van der Waals surface area (Å²) in [6.45, 7) is 3.78. The van der Waals surface area contributed by atoms with Crippen molar-refractivity contribution in [2.45, 2.75) is 31.2 Å². The summed E-state index contributed by atoms with van der Waals surface area (Å²) in [6.07, 6.45) is 2.65. The van der Waals surface area contributed by atoms with Crippen molar-refractivity contribution >= 4 is 35.2 Å². The van der Waals surface area contributed by atoms with E-state index >= 15 is 0 Å². The van der Waals surface area contributed by atoms with Crippen molar-refractivity contribution in [3.63, 3.8) is 0 Å². The standard InChI is InChI=1S/C23H29N3O3S/c1-5-16(2)21(25-22(28)17-11-7-6-8-12-17)23(29)26(3)15-20(27)24-18-13-9-10-14-19(18)30-4/h6-14,16,21H,5,15H2,1-4H3,(H,24,27)(H,25,28). The van der Waals surface area contributed by atoms with Crippen LogP contribution in [0.25, 0.3) is 0 Å². The summed E-state index contributed by atoms with van der Waals surface area (Å²) in [5.74, 6) is -0.958. The Bertz CT molecular complexity index is 873. The van der Waals surface area contributed by atoms with Gasteiger partial charge in [-0.25, -0.2) is 0 Å². The summed E-state index contributed by atoms with van der Waals surface area (Å²) in [6, 6.07) is 15.6. The van der Waals surface area contributed by atoms with Gasteiger partial charge in [0.1, 0.15) is 6.04 Å². The zero-order valence-corrected chi connectivity index (χ0v) is 18.7. The lowest BCUT2D eigenvalue weighted by molar-refractivity contribution is -0.136. The van der Waals surface area contributed by atoms with Crippen LogP contribution in [-0.4, -0.2) is 48.5 Å². The first-order valence-electron chi connectivity index (χ1n) is 9.91. The number of para-hydroxylation sites is 1. The predicted octanol–water partition coefficient (Wildman–Crippen LogP) is 3.65. The van der Waals surface area contributed by atoms with Crippen LogP contribution in [0.1, 0.15) is 30.6 Å². The molecule has 0 aromatic heterocycles. The fourth-order valence-corrected chi connectivity index (χ4v) is 3.52. The van der Waals surface area contributed by atoms with Gasteiger partial charge in [-0.3, -0.25) is 14.4 Å². The molecule has 2 aromatic carbocycles. The molecule has 0 aliphatic carbocycles. The van der Waals surface area contributed by atoms with E-state index in [2.05, 4.69) is 10.6 Å². The van der Waals surface area contributed by atoms with Crippen LogP contribution in [0.3, 0.4) is 0 Å². The Balaban J connectivity index is 2.05. The molecule has 0 aliphatic heterocycles. The maximum absolute atomic E-state index is 13.0. The minimum Gasteiger partial charge on any atom is -0.340 e. The van der Waals surface area contributed by atoms with Crippen molar-refractivity contribution in [2.24, 2.45) is 5.92 Å². The van der Waals surface area contributed by atoms with Gasteiger partial charge in [0.05, 0.1) is 12.2 Å². The fourth-order valence-electron chi connectivity index (χ4n) is 2.97. The van der Waals surface area contributed by atoms with Gasteiger partial charge in [-0.15, -0.1) is 11.8 Å². The van der Waals surface area contributed by atoms with Crippen molar-refractivity contribution in [1.82, 2.24) is 10.2 Å². The third-order valence-electron chi connectivity index (χ3n) is 4.94. The Morgan fingerprint density at radius 3 is 2.30 bits per heavy atom.